The Morgan fingerprint density at radius 3 is 2.64 bits per heavy atom. The molecule has 134 valence electrons. The molecule has 6 heteroatoms. The van der Waals surface area contributed by atoms with Crippen LogP contribution in [-0.4, -0.2) is 27.9 Å². The maximum Gasteiger partial charge on any atom is 0.303 e. The lowest BCUT2D eigenvalue weighted by molar-refractivity contribution is -0.635. The Kier molecular flexibility index (Phi) is 5.77. The van der Waals surface area contributed by atoms with Gasteiger partial charge in [-0.05, 0) is 23.5 Å². The SMILES string of the molecule is CC(C)(C)c1cc(CCC(=O)O)cc([NH2+]NC2C=CC=CC2=N)c1O. The van der Waals surface area contributed by atoms with Crippen LogP contribution < -0.4 is 10.9 Å². The number of carbonyl (C=O) groups is 1. The molecule has 0 saturated heterocycles. The maximum absolute atomic E-state index is 10.9. The van der Waals surface area contributed by atoms with E-state index in [-0.39, 0.29) is 23.6 Å². The number of allylic oxidation sites excluding steroid dienone is 2. The number of aromatic hydroxyl groups is 1. The van der Waals surface area contributed by atoms with E-state index < -0.39 is 5.97 Å². The highest BCUT2D eigenvalue weighted by atomic mass is 16.4. The van der Waals surface area contributed by atoms with Crippen molar-refractivity contribution in [3.05, 3.63) is 47.6 Å². The molecule has 1 aromatic rings. The van der Waals surface area contributed by atoms with E-state index in [2.05, 4.69) is 5.43 Å². The number of phenols is 1. The van der Waals surface area contributed by atoms with E-state index in [9.17, 15) is 9.90 Å². The molecule has 1 unspecified atom stereocenters. The molecule has 0 fully saturated rings. The largest absolute Gasteiger partial charge is 0.502 e. The Hall–Kier alpha value is -2.44. The van der Waals surface area contributed by atoms with Crippen molar-refractivity contribution in [2.24, 2.45) is 0 Å². The van der Waals surface area contributed by atoms with Crippen molar-refractivity contribution in [2.45, 2.75) is 45.1 Å². The molecular formula is C19H26N3O3+. The number of hydrogen-bond acceptors (Lipinski definition) is 4. The van der Waals surface area contributed by atoms with Gasteiger partial charge in [-0.25, -0.2) is 5.43 Å². The van der Waals surface area contributed by atoms with Crippen LogP contribution in [0.4, 0.5) is 5.69 Å². The fraction of sp³-hybridized carbons (Fsp3) is 0.368. The van der Waals surface area contributed by atoms with Crippen molar-refractivity contribution in [3.63, 3.8) is 0 Å². The summed E-state index contributed by atoms with van der Waals surface area (Å²) >= 11 is 0. The average Bonchev–Trinajstić information content (AvgIpc) is 2.52. The molecule has 2 rings (SSSR count). The highest BCUT2D eigenvalue weighted by Gasteiger charge is 2.24. The van der Waals surface area contributed by atoms with Crippen molar-refractivity contribution in [1.29, 1.82) is 5.41 Å². The zero-order valence-corrected chi connectivity index (χ0v) is 14.8. The summed E-state index contributed by atoms with van der Waals surface area (Å²) in [5.74, 6) is -0.664. The van der Waals surface area contributed by atoms with Crippen LogP contribution in [0.5, 0.6) is 5.75 Å². The van der Waals surface area contributed by atoms with Gasteiger partial charge >= 0.3 is 5.97 Å². The molecule has 0 heterocycles. The monoisotopic (exact) mass is 344 g/mol. The van der Waals surface area contributed by atoms with Gasteiger partial charge in [0.05, 0.1) is 5.71 Å². The smallest absolute Gasteiger partial charge is 0.303 e. The first-order valence-electron chi connectivity index (χ1n) is 8.29. The Balaban J connectivity index is 2.26. The van der Waals surface area contributed by atoms with Crippen LogP contribution in [-0.2, 0) is 16.6 Å². The Morgan fingerprint density at radius 1 is 1.32 bits per heavy atom. The molecular weight excluding hydrogens is 318 g/mol. The molecule has 1 atom stereocenters. The second kappa shape index (κ2) is 7.63. The van der Waals surface area contributed by atoms with E-state index >= 15 is 0 Å². The molecule has 1 aromatic carbocycles. The van der Waals surface area contributed by atoms with Gasteiger partial charge in [-0.15, -0.1) is 0 Å². The topological polar surface area (TPSA) is 110 Å². The molecule has 6 N–H and O–H groups in total. The lowest BCUT2D eigenvalue weighted by atomic mass is 9.84. The normalized spacial score (nSPS) is 17.1. The fourth-order valence-corrected chi connectivity index (χ4v) is 2.66. The van der Waals surface area contributed by atoms with Gasteiger partial charge in [-0.1, -0.05) is 45.1 Å². The summed E-state index contributed by atoms with van der Waals surface area (Å²) in [5, 5.41) is 27.5. The number of aryl methyl sites for hydroxylation is 1. The number of benzene rings is 1. The number of quaternary nitrogens is 1. The predicted octanol–water partition coefficient (Wildman–Crippen LogP) is 1.92. The second-order valence-electron chi connectivity index (χ2n) is 7.21. The number of carboxylic acid groups (broad SMARTS) is 1. The van der Waals surface area contributed by atoms with Crippen LogP contribution in [0.3, 0.4) is 0 Å². The molecule has 0 aromatic heterocycles. The second-order valence-corrected chi connectivity index (χ2v) is 7.21. The number of phenolic OH excluding ortho intramolecular Hbond substituents is 1. The number of aliphatic carboxylic acids is 1. The van der Waals surface area contributed by atoms with Crippen molar-refractivity contribution in [3.8, 4) is 5.75 Å². The first-order valence-corrected chi connectivity index (χ1v) is 8.29. The molecule has 0 radical (unpaired) electrons. The van der Waals surface area contributed by atoms with Gasteiger partial charge in [0.15, 0.2) is 11.4 Å². The summed E-state index contributed by atoms with van der Waals surface area (Å²) in [5.41, 5.74) is 7.24. The van der Waals surface area contributed by atoms with Crippen LogP contribution >= 0.6 is 0 Å². The molecule has 1 aliphatic rings. The lowest BCUT2D eigenvalue weighted by Crippen LogP contribution is -2.90. The minimum atomic E-state index is -0.846. The minimum absolute atomic E-state index is 0.0437. The van der Waals surface area contributed by atoms with Crippen LogP contribution in [0.15, 0.2) is 36.4 Å². The van der Waals surface area contributed by atoms with Crippen LogP contribution in [0.25, 0.3) is 0 Å². The minimum Gasteiger partial charge on any atom is -0.502 e. The summed E-state index contributed by atoms with van der Waals surface area (Å²) in [6.45, 7) is 6.01. The van der Waals surface area contributed by atoms with E-state index in [0.717, 1.165) is 11.1 Å². The Bertz CT molecular complexity index is 730. The van der Waals surface area contributed by atoms with Gasteiger partial charge in [0, 0.05) is 18.1 Å². The standard InChI is InChI=1S/C19H25N3O3/c1-19(2,3)13-10-12(8-9-17(23)24)11-16(18(13)25)22-21-15-7-5-4-6-14(15)20/h4-7,10-11,15,20-22,25H,8-9H2,1-3H3,(H,23,24)/p+1. The van der Waals surface area contributed by atoms with Crippen molar-refractivity contribution < 1.29 is 20.4 Å². The number of rotatable bonds is 6. The third-order valence-electron chi connectivity index (χ3n) is 4.08. The fourth-order valence-electron chi connectivity index (χ4n) is 2.66. The summed E-state index contributed by atoms with van der Waals surface area (Å²) in [4.78, 5) is 10.9. The molecule has 0 spiro atoms. The summed E-state index contributed by atoms with van der Waals surface area (Å²) in [6, 6.07) is 3.43. The molecule has 0 aliphatic heterocycles. The van der Waals surface area contributed by atoms with E-state index in [1.165, 1.54) is 0 Å². The zero-order chi connectivity index (χ0) is 18.6. The van der Waals surface area contributed by atoms with Gasteiger partial charge in [-0.2, -0.15) is 5.43 Å². The first-order chi connectivity index (χ1) is 11.7. The third kappa shape index (κ3) is 5.01. The summed E-state index contributed by atoms with van der Waals surface area (Å²) in [6.07, 6.45) is 7.71. The van der Waals surface area contributed by atoms with Gasteiger partial charge in [0.25, 0.3) is 0 Å². The highest BCUT2D eigenvalue weighted by Crippen LogP contribution is 2.35. The first kappa shape index (κ1) is 18.9. The molecule has 0 bridgehead atoms. The zero-order valence-electron chi connectivity index (χ0n) is 14.8. The van der Waals surface area contributed by atoms with Gasteiger partial charge in [-0.3, -0.25) is 4.79 Å². The van der Waals surface area contributed by atoms with Crippen LogP contribution in [0.1, 0.15) is 38.3 Å². The highest BCUT2D eigenvalue weighted by molar-refractivity contribution is 5.99. The molecule has 0 saturated carbocycles. The molecule has 1 aliphatic carbocycles. The third-order valence-corrected chi connectivity index (χ3v) is 4.08. The summed E-state index contributed by atoms with van der Waals surface area (Å²) in [7, 11) is 0. The number of nitrogens with two attached hydrogens (primary N) is 1. The van der Waals surface area contributed by atoms with Gasteiger partial charge in [0.2, 0.25) is 0 Å². The predicted molar refractivity (Wildman–Crippen MR) is 97.3 cm³/mol. The summed E-state index contributed by atoms with van der Waals surface area (Å²) < 4.78 is 0. The average molecular weight is 344 g/mol. The van der Waals surface area contributed by atoms with Gasteiger partial charge in [0.1, 0.15) is 6.04 Å². The Morgan fingerprint density at radius 2 is 2.04 bits per heavy atom. The maximum atomic E-state index is 10.9. The van der Waals surface area contributed by atoms with Crippen LogP contribution in [0.2, 0.25) is 0 Å². The van der Waals surface area contributed by atoms with E-state index in [1.807, 2.05) is 45.1 Å². The van der Waals surface area contributed by atoms with Crippen molar-refractivity contribution in [2.75, 3.05) is 0 Å². The lowest BCUT2D eigenvalue weighted by Gasteiger charge is -2.23. The van der Waals surface area contributed by atoms with E-state index in [0.29, 0.717) is 17.8 Å². The molecule has 6 nitrogen and oxygen atoms in total. The quantitative estimate of drug-likeness (QED) is 0.235. The van der Waals surface area contributed by atoms with Gasteiger partial charge < -0.3 is 15.6 Å². The van der Waals surface area contributed by atoms with Crippen molar-refractivity contribution in [1.82, 2.24) is 5.43 Å². The molecule has 25 heavy (non-hydrogen) atoms. The van der Waals surface area contributed by atoms with E-state index in [4.69, 9.17) is 10.5 Å². The van der Waals surface area contributed by atoms with Crippen molar-refractivity contribution >= 4 is 17.4 Å². The van der Waals surface area contributed by atoms with Crippen LogP contribution in [0, 0.1) is 5.41 Å². The number of carboxylic acids is 1. The van der Waals surface area contributed by atoms with E-state index in [1.54, 1.807) is 17.6 Å². The Labute approximate surface area is 147 Å². The number of nitrogens with one attached hydrogen (secondary N) is 2. The molecule has 0 amide bonds. The number of hydrogen-bond donors (Lipinski definition) is 5.